The van der Waals surface area contributed by atoms with Gasteiger partial charge in [-0.25, -0.2) is 0 Å². The van der Waals surface area contributed by atoms with Crippen molar-refractivity contribution in [2.45, 2.75) is 40.9 Å². The van der Waals surface area contributed by atoms with Gasteiger partial charge in [-0.05, 0) is 124 Å². The van der Waals surface area contributed by atoms with E-state index in [1.807, 2.05) is 0 Å². The van der Waals surface area contributed by atoms with E-state index in [-0.39, 0.29) is 11.8 Å². The first-order valence-corrected chi connectivity index (χ1v) is 26.9. The fourth-order valence-corrected chi connectivity index (χ4v) is 14.9. The lowest BCUT2D eigenvalue weighted by molar-refractivity contribution is 0.656. The van der Waals surface area contributed by atoms with Crippen molar-refractivity contribution < 1.29 is 0 Å². The largest absolute Gasteiger partial charge is 0.0761 e. The molecule has 0 aromatic heterocycles. The molecule has 0 nitrogen and oxygen atoms in total. The molecule has 0 N–H and O–H groups in total. The van der Waals surface area contributed by atoms with Crippen LogP contribution in [0.3, 0.4) is 0 Å². The Balaban J connectivity index is 0.875. The second kappa shape index (κ2) is 17.1. The molecule has 5 aliphatic carbocycles. The van der Waals surface area contributed by atoms with Gasteiger partial charge >= 0.3 is 0 Å². The lowest BCUT2D eigenvalue weighted by Gasteiger charge is -2.39. The molecule has 0 heteroatoms. The number of allylic oxidation sites excluding steroid dienone is 8. The fourth-order valence-electron chi connectivity index (χ4n) is 14.9. The Bertz CT molecular complexity index is 3850. The first kappa shape index (κ1) is 43.7. The van der Waals surface area contributed by atoms with E-state index in [0.717, 1.165) is 12.8 Å². The predicted octanol–water partition coefficient (Wildman–Crippen LogP) is 17.7. The maximum absolute atomic E-state index is 2.62. The van der Waals surface area contributed by atoms with Crippen molar-refractivity contribution in [3.63, 3.8) is 0 Å². The number of rotatable bonds is 8. The normalized spacial score (nSPS) is 18.7. The molecule has 0 saturated heterocycles. The summed E-state index contributed by atoms with van der Waals surface area (Å²) in [4.78, 5) is 0. The third kappa shape index (κ3) is 6.18. The van der Waals surface area contributed by atoms with E-state index in [2.05, 4.69) is 291 Å². The smallest absolute Gasteiger partial charge is 0.0713 e. The second-order valence-corrected chi connectivity index (χ2v) is 21.3. The van der Waals surface area contributed by atoms with Crippen LogP contribution in [-0.4, -0.2) is 0 Å². The molecule has 0 heterocycles. The van der Waals surface area contributed by atoms with Gasteiger partial charge in [0.25, 0.3) is 0 Å². The highest BCUT2D eigenvalue weighted by Crippen LogP contribution is 2.63. The molecule has 0 amide bonds. The van der Waals surface area contributed by atoms with Gasteiger partial charge in [-0.3, -0.25) is 0 Å². The van der Waals surface area contributed by atoms with Crippen LogP contribution in [0.25, 0.3) is 22.3 Å². The molecule has 10 aromatic rings. The molecule has 0 fully saturated rings. The van der Waals surface area contributed by atoms with Gasteiger partial charge in [-0.1, -0.05) is 291 Å². The number of fused-ring (bicyclic) bond motifs is 7. The lowest BCUT2D eigenvalue weighted by Crippen LogP contribution is -2.32. The van der Waals surface area contributed by atoms with Gasteiger partial charge in [0.15, 0.2) is 0 Å². The van der Waals surface area contributed by atoms with E-state index in [0.29, 0.717) is 0 Å². The van der Waals surface area contributed by atoms with Gasteiger partial charge in [0.05, 0.1) is 16.2 Å². The molecule has 354 valence electrons. The molecule has 5 aliphatic rings. The van der Waals surface area contributed by atoms with Crippen LogP contribution in [-0.2, 0) is 16.2 Å². The molecular formula is C75H54. The van der Waals surface area contributed by atoms with E-state index in [1.54, 1.807) is 0 Å². The summed E-state index contributed by atoms with van der Waals surface area (Å²) >= 11 is 0. The molecule has 10 aromatic carbocycles. The highest BCUT2D eigenvalue weighted by atomic mass is 14.5. The quantitative estimate of drug-likeness (QED) is 0.142. The van der Waals surface area contributed by atoms with Crippen LogP contribution in [0.5, 0.6) is 0 Å². The molecule has 2 atom stereocenters. The summed E-state index contributed by atoms with van der Waals surface area (Å²) in [5, 5.41) is 0. The monoisotopic (exact) mass is 954 g/mol. The summed E-state index contributed by atoms with van der Waals surface area (Å²) < 4.78 is 0. The van der Waals surface area contributed by atoms with E-state index >= 15 is 0 Å². The highest BCUT2D eigenvalue weighted by Gasteiger charge is 2.52. The molecule has 75 heavy (non-hydrogen) atoms. The Labute approximate surface area is 441 Å². The second-order valence-electron chi connectivity index (χ2n) is 21.3. The molecule has 15 rings (SSSR count). The minimum absolute atomic E-state index is 0.155. The van der Waals surface area contributed by atoms with Crippen molar-refractivity contribution in [3.05, 3.63) is 380 Å². The summed E-state index contributed by atoms with van der Waals surface area (Å²) in [5.74, 6) is 0.327. The van der Waals surface area contributed by atoms with Crippen molar-refractivity contribution in [1.29, 1.82) is 0 Å². The molecule has 0 radical (unpaired) electrons. The predicted molar refractivity (Wildman–Crippen MR) is 309 cm³/mol. The SMILES string of the molecule is C1=CC(c2ccc3c(c2)C(c2ccccc2)(c2ccccc2)C2=C3C=CC(c3ccc4c(c3)C(c3ccccc3)(c3ccccc3)c3ccccc3-4)C2)CC2=C1c1ccccc1C2(c1ccccc1)c1ccccc1. The maximum atomic E-state index is 2.62. The Morgan fingerprint density at radius 1 is 0.253 bits per heavy atom. The average Bonchev–Trinajstić information content (AvgIpc) is 4.23. The summed E-state index contributed by atoms with van der Waals surface area (Å²) in [7, 11) is 0. The first-order valence-electron chi connectivity index (χ1n) is 26.9. The first-order chi connectivity index (χ1) is 37.2. The average molecular weight is 955 g/mol. The summed E-state index contributed by atoms with van der Waals surface area (Å²) in [6, 6.07) is 101. The van der Waals surface area contributed by atoms with Gasteiger partial charge in [-0.15, -0.1) is 0 Å². The van der Waals surface area contributed by atoms with Crippen LogP contribution in [0.2, 0.25) is 0 Å². The minimum atomic E-state index is -0.513. The maximum Gasteiger partial charge on any atom is 0.0713 e. The fraction of sp³-hybridized carbons (Fsp3) is 0.0933. The Morgan fingerprint density at radius 2 is 0.547 bits per heavy atom. The van der Waals surface area contributed by atoms with Crippen LogP contribution in [0.1, 0.15) is 103 Å². The third-order valence-electron chi connectivity index (χ3n) is 17.9. The van der Waals surface area contributed by atoms with Crippen LogP contribution < -0.4 is 0 Å². The van der Waals surface area contributed by atoms with Crippen molar-refractivity contribution in [3.8, 4) is 11.1 Å². The van der Waals surface area contributed by atoms with Gasteiger partial charge in [0.2, 0.25) is 0 Å². The van der Waals surface area contributed by atoms with Crippen molar-refractivity contribution in [2.24, 2.45) is 0 Å². The van der Waals surface area contributed by atoms with Crippen molar-refractivity contribution in [2.75, 3.05) is 0 Å². The molecule has 0 bridgehead atoms. The van der Waals surface area contributed by atoms with Gasteiger partial charge in [0.1, 0.15) is 0 Å². The number of hydrogen-bond donors (Lipinski definition) is 0. The van der Waals surface area contributed by atoms with Crippen molar-refractivity contribution in [1.82, 2.24) is 0 Å². The van der Waals surface area contributed by atoms with E-state index < -0.39 is 16.2 Å². The van der Waals surface area contributed by atoms with Crippen LogP contribution in [0.4, 0.5) is 0 Å². The van der Waals surface area contributed by atoms with Crippen LogP contribution in [0.15, 0.2) is 302 Å². The molecule has 2 unspecified atom stereocenters. The zero-order valence-corrected chi connectivity index (χ0v) is 41.8. The van der Waals surface area contributed by atoms with Crippen LogP contribution >= 0.6 is 0 Å². The Hall–Kier alpha value is -8.84. The summed E-state index contributed by atoms with van der Waals surface area (Å²) in [5.41, 5.74) is 25.6. The van der Waals surface area contributed by atoms with Crippen molar-refractivity contribution >= 4 is 11.1 Å². The highest BCUT2D eigenvalue weighted by molar-refractivity contribution is 5.94. The zero-order valence-electron chi connectivity index (χ0n) is 41.8. The lowest BCUT2D eigenvalue weighted by atomic mass is 9.63. The summed E-state index contributed by atoms with van der Waals surface area (Å²) in [6.45, 7) is 0. The molecule has 0 aliphatic heterocycles. The number of hydrogen-bond acceptors (Lipinski definition) is 0. The van der Waals surface area contributed by atoms with E-state index in [1.165, 1.54) is 111 Å². The van der Waals surface area contributed by atoms with E-state index in [9.17, 15) is 0 Å². The molecule has 0 spiro atoms. The number of benzene rings is 10. The topological polar surface area (TPSA) is 0 Å². The molecular weight excluding hydrogens is 901 g/mol. The Kier molecular flexibility index (Phi) is 9.98. The minimum Gasteiger partial charge on any atom is -0.0761 e. The van der Waals surface area contributed by atoms with Crippen LogP contribution in [0, 0.1) is 0 Å². The third-order valence-corrected chi connectivity index (χ3v) is 17.9. The Morgan fingerprint density at radius 3 is 0.973 bits per heavy atom. The van der Waals surface area contributed by atoms with E-state index in [4.69, 9.17) is 0 Å². The summed E-state index contributed by atoms with van der Waals surface area (Å²) in [6.07, 6.45) is 11.8. The van der Waals surface area contributed by atoms with Gasteiger partial charge in [-0.2, -0.15) is 0 Å². The van der Waals surface area contributed by atoms with Gasteiger partial charge in [0, 0.05) is 11.8 Å². The molecule has 0 saturated carbocycles. The standard InChI is InChI=1S/C75H54/c1-7-23-55(24-8-1)73(56-25-9-2-10-26-56)67-37-21-19-35-61(67)63-43-39-51(47-69(63)73)53-41-45-65-66-46-42-54(50-72(66)75(71(65)49-53,59-31-15-5-16-32-59)60-33-17-6-18-34-60)52-40-44-64-62-36-20-22-38-68(62)74(70(64)48-52,57-27-11-3-12-28-57)58-29-13-4-14-30-58/h1-47,50,52-53H,48-49H2. The zero-order chi connectivity index (χ0) is 49.6. The van der Waals surface area contributed by atoms with Gasteiger partial charge < -0.3 is 0 Å².